The van der Waals surface area contributed by atoms with Crippen LogP contribution in [-0.2, 0) is 4.79 Å². The molecule has 0 aliphatic heterocycles. The van der Waals surface area contributed by atoms with E-state index in [4.69, 9.17) is 0 Å². The number of phenols is 1. The van der Waals surface area contributed by atoms with Crippen molar-refractivity contribution in [3.05, 3.63) is 29.8 Å². The standard InChI is InChI=1S/C13H18N2O2/c1-3-4-9-13(17)15-14-10(2)11-7-5-6-8-12(11)16/h5-8,16H,3-4,9H2,1-2H3,(H,15,17). The lowest BCUT2D eigenvalue weighted by atomic mass is 10.1. The van der Waals surface area contributed by atoms with E-state index in [0.29, 0.717) is 17.7 Å². The normalized spacial score (nSPS) is 11.3. The molecule has 0 atom stereocenters. The lowest BCUT2D eigenvalue weighted by Gasteiger charge is -2.04. The Kier molecular flexibility index (Phi) is 5.20. The molecule has 0 bridgehead atoms. The molecule has 92 valence electrons. The third kappa shape index (κ3) is 4.26. The van der Waals surface area contributed by atoms with Crippen LogP contribution in [-0.4, -0.2) is 16.7 Å². The van der Waals surface area contributed by atoms with E-state index in [-0.39, 0.29) is 11.7 Å². The van der Waals surface area contributed by atoms with Gasteiger partial charge in [-0.05, 0) is 25.5 Å². The highest BCUT2D eigenvalue weighted by Crippen LogP contribution is 2.16. The number of benzene rings is 1. The zero-order chi connectivity index (χ0) is 12.7. The van der Waals surface area contributed by atoms with E-state index in [0.717, 1.165) is 12.8 Å². The molecule has 0 saturated heterocycles. The molecule has 0 aliphatic carbocycles. The number of rotatable bonds is 5. The minimum absolute atomic E-state index is 0.0957. The van der Waals surface area contributed by atoms with Gasteiger partial charge < -0.3 is 5.11 Å². The second-order valence-electron chi connectivity index (χ2n) is 3.85. The maximum absolute atomic E-state index is 11.3. The fraction of sp³-hybridized carbons (Fsp3) is 0.385. The number of hydrazone groups is 1. The zero-order valence-corrected chi connectivity index (χ0v) is 10.2. The zero-order valence-electron chi connectivity index (χ0n) is 10.2. The van der Waals surface area contributed by atoms with Crippen LogP contribution in [0.2, 0.25) is 0 Å². The van der Waals surface area contributed by atoms with Gasteiger partial charge in [-0.25, -0.2) is 5.43 Å². The number of amides is 1. The number of para-hydroxylation sites is 1. The predicted molar refractivity (Wildman–Crippen MR) is 68.0 cm³/mol. The summed E-state index contributed by atoms with van der Waals surface area (Å²) in [5.74, 6) is 0.0678. The summed E-state index contributed by atoms with van der Waals surface area (Å²) in [5.41, 5.74) is 3.70. The SMILES string of the molecule is CCCCC(=O)NN=C(C)c1ccccc1O. The first-order valence-corrected chi connectivity index (χ1v) is 5.76. The monoisotopic (exact) mass is 234 g/mol. The molecule has 4 nitrogen and oxygen atoms in total. The maximum atomic E-state index is 11.3. The molecule has 0 radical (unpaired) electrons. The maximum Gasteiger partial charge on any atom is 0.240 e. The van der Waals surface area contributed by atoms with Gasteiger partial charge in [-0.3, -0.25) is 4.79 Å². The fourth-order valence-corrected chi connectivity index (χ4v) is 1.38. The molecular formula is C13H18N2O2. The van der Waals surface area contributed by atoms with Crippen molar-refractivity contribution in [2.75, 3.05) is 0 Å². The lowest BCUT2D eigenvalue weighted by molar-refractivity contribution is -0.121. The molecule has 2 N–H and O–H groups in total. The van der Waals surface area contributed by atoms with Crippen molar-refractivity contribution in [3.8, 4) is 5.75 Å². The second kappa shape index (κ2) is 6.68. The van der Waals surface area contributed by atoms with Gasteiger partial charge in [-0.1, -0.05) is 25.5 Å². The molecule has 0 unspecified atom stereocenters. The highest BCUT2D eigenvalue weighted by Gasteiger charge is 2.04. The van der Waals surface area contributed by atoms with Gasteiger partial charge in [0.1, 0.15) is 5.75 Å². The summed E-state index contributed by atoms with van der Waals surface area (Å²) < 4.78 is 0. The summed E-state index contributed by atoms with van der Waals surface area (Å²) in [6, 6.07) is 6.90. The van der Waals surface area contributed by atoms with E-state index in [1.165, 1.54) is 0 Å². The van der Waals surface area contributed by atoms with Crippen LogP contribution < -0.4 is 5.43 Å². The van der Waals surface area contributed by atoms with Crippen molar-refractivity contribution in [2.45, 2.75) is 33.1 Å². The molecule has 0 fully saturated rings. The van der Waals surface area contributed by atoms with E-state index in [1.54, 1.807) is 25.1 Å². The fourth-order valence-electron chi connectivity index (χ4n) is 1.38. The molecule has 4 heteroatoms. The molecule has 1 amide bonds. The number of unbranched alkanes of at least 4 members (excludes halogenated alkanes) is 1. The molecule has 17 heavy (non-hydrogen) atoms. The Labute approximate surface area is 101 Å². The Morgan fingerprint density at radius 2 is 2.12 bits per heavy atom. The second-order valence-corrected chi connectivity index (χ2v) is 3.85. The first-order chi connectivity index (χ1) is 8.15. The van der Waals surface area contributed by atoms with Crippen molar-refractivity contribution in [1.29, 1.82) is 0 Å². The van der Waals surface area contributed by atoms with Crippen LogP contribution in [0.4, 0.5) is 0 Å². The third-order valence-corrected chi connectivity index (χ3v) is 2.40. The third-order valence-electron chi connectivity index (χ3n) is 2.40. The van der Waals surface area contributed by atoms with Crippen LogP contribution in [0, 0.1) is 0 Å². The number of hydrogen-bond acceptors (Lipinski definition) is 3. The van der Waals surface area contributed by atoms with Gasteiger partial charge in [-0.15, -0.1) is 0 Å². The highest BCUT2D eigenvalue weighted by atomic mass is 16.3. The van der Waals surface area contributed by atoms with Crippen LogP contribution in [0.5, 0.6) is 5.75 Å². The minimum Gasteiger partial charge on any atom is -0.507 e. The molecule has 1 rings (SSSR count). The van der Waals surface area contributed by atoms with Gasteiger partial charge in [0.05, 0.1) is 5.71 Å². The Bertz CT molecular complexity index is 414. The van der Waals surface area contributed by atoms with Gasteiger partial charge in [0.15, 0.2) is 0 Å². The Morgan fingerprint density at radius 3 is 2.76 bits per heavy atom. The summed E-state index contributed by atoms with van der Waals surface area (Å²) in [4.78, 5) is 11.3. The minimum atomic E-state index is -0.0957. The number of nitrogens with one attached hydrogen (secondary N) is 1. The number of carbonyl (C=O) groups is 1. The highest BCUT2D eigenvalue weighted by molar-refractivity contribution is 6.01. The van der Waals surface area contributed by atoms with Gasteiger partial charge in [0, 0.05) is 12.0 Å². The van der Waals surface area contributed by atoms with E-state index in [1.807, 2.05) is 13.0 Å². The van der Waals surface area contributed by atoms with Crippen molar-refractivity contribution in [3.63, 3.8) is 0 Å². The van der Waals surface area contributed by atoms with Crippen LogP contribution in [0.25, 0.3) is 0 Å². The number of hydrogen-bond donors (Lipinski definition) is 2. The topological polar surface area (TPSA) is 61.7 Å². The summed E-state index contributed by atoms with van der Waals surface area (Å²) in [5, 5.41) is 13.6. The number of carbonyl (C=O) groups excluding carboxylic acids is 1. The van der Waals surface area contributed by atoms with Crippen molar-refractivity contribution in [2.24, 2.45) is 5.10 Å². The average Bonchev–Trinajstić information content (AvgIpc) is 2.34. The number of nitrogens with zero attached hydrogens (tertiary/aromatic N) is 1. The van der Waals surface area contributed by atoms with Crippen LogP contribution in [0.1, 0.15) is 38.7 Å². The molecule has 0 aromatic heterocycles. The summed E-state index contributed by atoms with van der Waals surface area (Å²) in [6.07, 6.45) is 2.32. The summed E-state index contributed by atoms with van der Waals surface area (Å²) >= 11 is 0. The van der Waals surface area contributed by atoms with Crippen LogP contribution >= 0.6 is 0 Å². The van der Waals surface area contributed by atoms with Gasteiger partial charge in [0.25, 0.3) is 0 Å². The smallest absolute Gasteiger partial charge is 0.240 e. The molecular weight excluding hydrogens is 216 g/mol. The van der Waals surface area contributed by atoms with Gasteiger partial charge in [-0.2, -0.15) is 5.10 Å². The van der Waals surface area contributed by atoms with E-state index in [9.17, 15) is 9.90 Å². The van der Waals surface area contributed by atoms with E-state index >= 15 is 0 Å². The first kappa shape index (κ1) is 13.2. The molecule has 1 aromatic rings. The predicted octanol–water partition coefficient (Wildman–Crippen LogP) is 2.42. The molecule has 0 aliphatic rings. The first-order valence-electron chi connectivity index (χ1n) is 5.76. The number of aromatic hydroxyl groups is 1. The molecule has 0 spiro atoms. The van der Waals surface area contributed by atoms with Crippen LogP contribution in [0.3, 0.4) is 0 Å². The molecule has 0 saturated carbocycles. The Hall–Kier alpha value is -1.84. The van der Waals surface area contributed by atoms with Crippen LogP contribution in [0.15, 0.2) is 29.4 Å². The Morgan fingerprint density at radius 1 is 1.41 bits per heavy atom. The van der Waals surface area contributed by atoms with Crippen molar-refractivity contribution >= 4 is 11.6 Å². The summed E-state index contributed by atoms with van der Waals surface area (Å²) in [7, 11) is 0. The van der Waals surface area contributed by atoms with E-state index in [2.05, 4.69) is 10.5 Å². The lowest BCUT2D eigenvalue weighted by Crippen LogP contribution is -2.18. The number of phenolic OH excluding ortho intramolecular Hbond substituents is 1. The van der Waals surface area contributed by atoms with Gasteiger partial charge >= 0.3 is 0 Å². The largest absolute Gasteiger partial charge is 0.507 e. The molecule has 1 aromatic carbocycles. The molecule has 0 heterocycles. The Balaban J connectivity index is 2.61. The average molecular weight is 234 g/mol. The van der Waals surface area contributed by atoms with E-state index < -0.39 is 0 Å². The summed E-state index contributed by atoms with van der Waals surface area (Å²) in [6.45, 7) is 3.78. The van der Waals surface area contributed by atoms with Gasteiger partial charge in [0.2, 0.25) is 5.91 Å². The quantitative estimate of drug-likeness (QED) is 0.607. The van der Waals surface area contributed by atoms with Crippen molar-refractivity contribution < 1.29 is 9.90 Å². The van der Waals surface area contributed by atoms with Crippen molar-refractivity contribution in [1.82, 2.24) is 5.43 Å².